The van der Waals surface area contributed by atoms with Gasteiger partial charge in [-0.15, -0.1) is 10.1 Å². The maximum Gasteiger partial charge on any atom is 0.291 e. The van der Waals surface area contributed by atoms with E-state index in [1.807, 2.05) is 102 Å². The van der Waals surface area contributed by atoms with Crippen LogP contribution in [-0.4, -0.2) is 192 Å². The summed E-state index contributed by atoms with van der Waals surface area (Å²) in [6.07, 6.45) is 1.57. The van der Waals surface area contributed by atoms with Gasteiger partial charge in [0.05, 0.1) is 104 Å². The monoisotopic (exact) mass is 1530 g/mol. The standard InChI is InChI=1S/2C38H41N5O7.Ag.HNO3/c2*1-18-34(47-4)21-15-26-31-30-22(35(48-5)19(2)37(50-7)33(30)45)14-25(42(31)3)27(16-39)43(26)28(29(21)32(44)36(18)49-6)17-40-38(46)24-13-12-20-10-8-9-11-23(20)41-24;;2-1(3)4/h2*8-13,25-28,31,44-45H,14-15,17H2,1-7H3,(H,40,46);;(H,2,3,4)/t2*25-,26-,27?,28-,31-;;/m00../s1. The van der Waals surface area contributed by atoms with E-state index >= 15 is 0 Å². The van der Waals surface area contributed by atoms with Crippen LogP contribution in [0.4, 0.5) is 0 Å². The second-order valence-corrected chi connectivity index (χ2v) is 26.5. The quantitative estimate of drug-likeness (QED) is 0.0304. The summed E-state index contributed by atoms with van der Waals surface area (Å²) in [7, 11) is 16.3. The molecule has 0 aliphatic carbocycles. The van der Waals surface area contributed by atoms with Crippen LogP contribution in [0.2, 0.25) is 0 Å². The van der Waals surface area contributed by atoms with Crippen LogP contribution in [0.3, 0.4) is 0 Å². The van der Waals surface area contributed by atoms with E-state index in [1.54, 1.807) is 40.6 Å². The molecule has 555 valence electrons. The number of likely N-dealkylation sites (N-methyl/N-ethyl adjacent to an activating group) is 2. The molecule has 2 amide bonds. The van der Waals surface area contributed by atoms with Gasteiger partial charge in [0.1, 0.15) is 46.5 Å². The number of piperazine rings is 2. The second kappa shape index (κ2) is 30.3. The number of methoxy groups -OCH3 is 8. The number of rotatable bonds is 14. The molecule has 6 aromatic carbocycles. The fraction of sp³-hybridized carbons (Fsp3) is 0.395. The number of aromatic hydroxyl groups is 4. The molecule has 2 saturated heterocycles. The van der Waals surface area contributed by atoms with Gasteiger partial charge in [0.2, 0.25) is 0 Å². The Labute approximate surface area is 621 Å². The topological polar surface area (TPSA) is 363 Å². The number of para-hydroxylation sites is 2. The van der Waals surface area contributed by atoms with E-state index in [9.17, 15) is 40.5 Å². The minimum atomic E-state index is -1.50. The molecule has 1 radical (unpaired) electrons. The first kappa shape index (κ1) is 75.6. The van der Waals surface area contributed by atoms with Crippen molar-refractivity contribution in [1.82, 2.24) is 40.2 Å². The number of nitrogens with one attached hydrogen (secondary N) is 2. The molecule has 29 heteroatoms. The SMILES string of the molecule is COc1c(C)c(OC)c2c(c1O)[C@@H]1[C@@H]3Cc4c(OC)c(C)c(OC)c(O)c4[C@H](CNC(=O)c4ccc5ccccc5n4)N3C(C#N)[C@H](C2)N1C.COc1c(C)c(OC)c2c(c1O)[C@@H]1[C@@H]3Cc4c(OC)c(C)c(OC)c(O)c4[C@H](CNC(=O)c4ccc5ccccc5n4)N3C(C#N)[C@H](C2)N1C.O=[N+]([O-])O.[Ag]. The number of phenols is 4. The number of hydrogen-bond donors (Lipinski definition) is 7. The number of pyridine rings is 2. The molecule has 2 aromatic heterocycles. The molecular formula is C76H83AgN11O17. The molecule has 0 spiro atoms. The molecule has 28 nitrogen and oxygen atoms in total. The largest absolute Gasteiger partial charge is 0.504 e. The zero-order valence-corrected chi connectivity index (χ0v) is 61.9. The van der Waals surface area contributed by atoms with Gasteiger partial charge in [-0.05, 0) is 91.7 Å². The van der Waals surface area contributed by atoms with Crippen molar-refractivity contribution in [2.45, 2.75) is 114 Å². The Kier molecular flexibility index (Phi) is 21.8. The Morgan fingerprint density at radius 1 is 0.486 bits per heavy atom. The Balaban J connectivity index is 0.000000198. The maximum absolute atomic E-state index is 13.7. The summed E-state index contributed by atoms with van der Waals surface area (Å²) in [5.74, 6) is 2.72. The van der Waals surface area contributed by atoms with Crippen molar-refractivity contribution in [3.8, 4) is 81.1 Å². The van der Waals surface area contributed by atoms with E-state index in [1.165, 1.54) is 28.4 Å². The van der Waals surface area contributed by atoms with E-state index in [0.717, 1.165) is 33.0 Å². The summed E-state index contributed by atoms with van der Waals surface area (Å²) in [5.41, 5.74) is 10.1. The number of nitriles is 2. The maximum atomic E-state index is 13.7. The van der Waals surface area contributed by atoms with Crippen LogP contribution in [-0.2, 0) is 48.1 Å². The molecule has 0 saturated carbocycles. The van der Waals surface area contributed by atoms with Crippen LogP contribution in [0.15, 0.2) is 72.8 Å². The van der Waals surface area contributed by atoms with Crippen molar-refractivity contribution >= 4 is 33.6 Å². The zero-order chi connectivity index (χ0) is 74.8. The minimum Gasteiger partial charge on any atom is -0.504 e. The molecule has 4 bridgehead atoms. The van der Waals surface area contributed by atoms with Crippen LogP contribution in [0.1, 0.15) is 112 Å². The third-order valence-corrected chi connectivity index (χ3v) is 21.9. The van der Waals surface area contributed by atoms with Crippen molar-refractivity contribution in [3.63, 3.8) is 0 Å². The predicted octanol–water partition coefficient (Wildman–Crippen LogP) is 8.65. The predicted molar refractivity (Wildman–Crippen MR) is 380 cm³/mol. The number of hydrogen-bond acceptors (Lipinski definition) is 24. The van der Waals surface area contributed by atoms with Crippen LogP contribution < -0.4 is 48.5 Å². The number of phenolic OH excluding ortho intramolecular Hbond substituents is 4. The van der Waals surface area contributed by atoms with Gasteiger partial charge in [-0.3, -0.25) is 29.2 Å². The summed E-state index contributed by atoms with van der Waals surface area (Å²) in [6, 6.07) is 22.4. The van der Waals surface area contributed by atoms with E-state index in [0.29, 0.717) is 116 Å². The molecular weight excluding hydrogens is 1450 g/mol. The number of nitrogens with zero attached hydrogens (tertiary/aromatic N) is 9. The first-order valence-electron chi connectivity index (χ1n) is 33.7. The molecule has 6 aliphatic heterocycles. The third kappa shape index (κ3) is 12.4. The van der Waals surface area contributed by atoms with Gasteiger partial charge in [-0.2, -0.15) is 10.5 Å². The number of amides is 2. The summed E-state index contributed by atoms with van der Waals surface area (Å²) in [6.45, 7) is 7.44. The molecule has 10 atom stereocenters. The number of fused-ring (bicyclic) bond motifs is 16. The molecule has 6 aliphatic rings. The third-order valence-electron chi connectivity index (χ3n) is 21.9. The van der Waals surface area contributed by atoms with Crippen LogP contribution in [0.5, 0.6) is 69.0 Å². The van der Waals surface area contributed by atoms with Crippen molar-refractivity contribution in [2.24, 2.45) is 0 Å². The van der Waals surface area contributed by atoms with Crippen molar-refractivity contribution < 1.29 is 101 Å². The van der Waals surface area contributed by atoms with Gasteiger partial charge in [0.15, 0.2) is 46.0 Å². The summed E-state index contributed by atoms with van der Waals surface area (Å²) < 4.78 is 46.6. The summed E-state index contributed by atoms with van der Waals surface area (Å²) >= 11 is 0. The van der Waals surface area contributed by atoms with Gasteiger partial charge in [0.25, 0.3) is 16.9 Å². The fourth-order valence-electron chi connectivity index (χ4n) is 17.8. The van der Waals surface area contributed by atoms with Crippen LogP contribution in [0, 0.1) is 60.5 Å². The molecule has 7 N–H and O–H groups in total. The Morgan fingerprint density at radius 2 is 0.762 bits per heavy atom. The summed E-state index contributed by atoms with van der Waals surface area (Å²) in [5, 5.41) is 90.9. The number of carbonyl (C=O) groups is 2. The number of ether oxygens (including phenoxy) is 8. The van der Waals surface area contributed by atoms with E-state index in [4.69, 9.17) is 53.2 Å². The Morgan fingerprint density at radius 3 is 1.06 bits per heavy atom. The van der Waals surface area contributed by atoms with Crippen molar-refractivity contribution in [2.75, 3.05) is 84.1 Å². The molecule has 2 unspecified atom stereocenters. The molecule has 14 rings (SSSR count). The van der Waals surface area contributed by atoms with Gasteiger partial charge in [0, 0.05) is 137 Å². The molecule has 105 heavy (non-hydrogen) atoms. The van der Waals surface area contributed by atoms with E-state index < -0.39 is 53.4 Å². The van der Waals surface area contributed by atoms with Crippen molar-refractivity contribution in [1.29, 1.82) is 10.5 Å². The average Bonchev–Trinajstić information content (AvgIpc) is 0.702. The zero-order valence-electron chi connectivity index (χ0n) is 60.4. The average molecular weight is 1530 g/mol. The number of aromatic nitrogens is 2. The fourth-order valence-corrected chi connectivity index (χ4v) is 17.8. The van der Waals surface area contributed by atoms with E-state index in [2.05, 4.69) is 52.3 Å². The molecule has 8 heterocycles. The number of carbonyl (C=O) groups excluding carboxylic acids is 2. The first-order valence-corrected chi connectivity index (χ1v) is 33.7. The van der Waals surface area contributed by atoms with Crippen LogP contribution >= 0.6 is 0 Å². The van der Waals surface area contributed by atoms with Crippen molar-refractivity contribution in [3.05, 3.63) is 161 Å². The second-order valence-electron chi connectivity index (χ2n) is 26.5. The normalized spacial score (nSPS) is 21.6. The summed E-state index contributed by atoms with van der Waals surface area (Å²) in [4.78, 5) is 53.5. The van der Waals surface area contributed by atoms with Crippen LogP contribution in [0.25, 0.3) is 21.8 Å². The Bertz CT molecular complexity index is 4580. The molecule has 8 aromatic rings. The first-order chi connectivity index (χ1) is 49.9. The number of benzene rings is 6. The minimum absolute atomic E-state index is 0. The Hall–Kier alpha value is -10.6. The van der Waals surface area contributed by atoms with E-state index in [-0.39, 0.29) is 105 Å². The van der Waals surface area contributed by atoms with Gasteiger partial charge in [-0.25, -0.2) is 9.97 Å². The molecule has 2 fully saturated rings. The van der Waals surface area contributed by atoms with Gasteiger partial charge in [-0.1, -0.05) is 48.5 Å². The van der Waals surface area contributed by atoms with Gasteiger partial charge < -0.3 is 74.2 Å². The smallest absolute Gasteiger partial charge is 0.291 e. The van der Waals surface area contributed by atoms with Gasteiger partial charge >= 0.3 is 0 Å².